The van der Waals surface area contributed by atoms with Crippen LogP contribution < -0.4 is 4.90 Å². The summed E-state index contributed by atoms with van der Waals surface area (Å²) in [4.78, 5) is 5.79. The number of hydrogen-bond donors (Lipinski definition) is 0. The second kappa shape index (κ2) is 4.53. The van der Waals surface area contributed by atoms with Crippen LogP contribution in [0.1, 0.15) is 5.69 Å². The van der Waals surface area contributed by atoms with Gasteiger partial charge >= 0.3 is 6.01 Å². The number of aromatic nitrogens is 1. The summed E-state index contributed by atoms with van der Waals surface area (Å²) in [5, 5.41) is 0. The van der Waals surface area contributed by atoms with Crippen LogP contribution in [0.2, 0.25) is 0 Å². The van der Waals surface area contributed by atoms with E-state index in [2.05, 4.69) is 4.98 Å². The van der Waals surface area contributed by atoms with E-state index in [1.54, 1.807) is 24.1 Å². The van der Waals surface area contributed by atoms with Gasteiger partial charge in [-0.3, -0.25) is 4.90 Å². The van der Waals surface area contributed by atoms with Crippen molar-refractivity contribution in [2.75, 3.05) is 11.9 Å². The zero-order valence-corrected chi connectivity index (χ0v) is 9.41. The highest BCUT2D eigenvalue weighted by Crippen LogP contribution is 2.23. The van der Waals surface area contributed by atoms with Gasteiger partial charge in [-0.05, 0) is 18.2 Å². The molecule has 0 unspecified atom stereocenters. The molecule has 0 saturated carbocycles. The third kappa shape index (κ3) is 2.17. The Morgan fingerprint density at radius 2 is 2.31 bits per heavy atom. The van der Waals surface area contributed by atoms with E-state index in [-0.39, 0.29) is 5.82 Å². The molecule has 0 aliphatic carbocycles. The Labute approximate surface area is 97.5 Å². The van der Waals surface area contributed by atoms with Crippen molar-refractivity contribution in [3.63, 3.8) is 0 Å². The third-order valence-corrected chi connectivity index (χ3v) is 2.43. The first-order valence-corrected chi connectivity index (χ1v) is 5.24. The van der Waals surface area contributed by atoms with E-state index in [0.29, 0.717) is 23.3 Å². The Balaban J connectivity index is 2.27. The first-order valence-electron chi connectivity index (χ1n) is 4.70. The SMILES string of the molecule is CN(c1cccc(F)c1)c1nc(CCl)co1. The Hall–Kier alpha value is -1.55. The molecule has 16 heavy (non-hydrogen) atoms. The number of oxazole rings is 1. The summed E-state index contributed by atoms with van der Waals surface area (Å²) in [5.74, 6) is -0.00556. The maximum atomic E-state index is 13.0. The molecule has 0 fully saturated rings. The monoisotopic (exact) mass is 240 g/mol. The fraction of sp³-hybridized carbons (Fsp3) is 0.182. The summed E-state index contributed by atoms with van der Waals surface area (Å²) < 4.78 is 18.2. The van der Waals surface area contributed by atoms with E-state index in [0.717, 1.165) is 0 Å². The molecule has 0 saturated heterocycles. The van der Waals surface area contributed by atoms with Crippen molar-refractivity contribution in [1.29, 1.82) is 0 Å². The van der Waals surface area contributed by atoms with Crippen molar-refractivity contribution in [1.82, 2.24) is 4.98 Å². The van der Waals surface area contributed by atoms with E-state index in [4.69, 9.17) is 16.0 Å². The van der Waals surface area contributed by atoms with Crippen molar-refractivity contribution in [3.8, 4) is 0 Å². The summed E-state index contributed by atoms with van der Waals surface area (Å²) in [5.41, 5.74) is 1.32. The molecule has 0 atom stereocenters. The second-order valence-corrected chi connectivity index (χ2v) is 3.56. The lowest BCUT2D eigenvalue weighted by molar-refractivity contribution is 0.559. The molecule has 2 aromatic rings. The molecule has 0 bridgehead atoms. The zero-order valence-electron chi connectivity index (χ0n) is 8.65. The van der Waals surface area contributed by atoms with Gasteiger partial charge in [-0.25, -0.2) is 4.39 Å². The van der Waals surface area contributed by atoms with Crippen LogP contribution >= 0.6 is 11.6 Å². The molecule has 1 aromatic carbocycles. The van der Waals surface area contributed by atoms with Gasteiger partial charge in [-0.2, -0.15) is 4.98 Å². The molecule has 0 aliphatic rings. The molecular formula is C11H10ClFN2O. The van der Waals surface area contributed by atoms with Gasteiger partial charge in [-0.15, -0.1) is 11.6 Å². The van der Waals surface area contributed by atoms with Gasteiger partial charge in [0.1, 0.15) is 12.1 Å². The van der Waals surface area contributed by atoms with Crippen molar-refractivity contribution in [3.05, 3.63) is 42.0 Å². The van der Waals surface area contributed by atoms with E-state index in [1.165, 1.54) is 18.4 Å². The topological polar surface area (TPSA) is 29.3 Å². The minimum Gasteiger partial charge on any atom is -0.431 e. The Morgan fingerprint density at radius 3 is 2.94 bits per heavy atom. The second-order valence-electron chi connectivity index (χ2n) is 3.29. The maximum absolute atomic E-state index is 13.0. The Morgan fingerprint density at radius 1 is 1.50 bits per heavy atom. The number of benzene rings is 1. The summed E-state index contributed by atoms with van der Waals surface area (Å²) in [6.45, 7) is 0. The third-order valence-electron chi connectivity index (χ3n) is 2.16. The van der Waals surface area contributed by atoms with Crippen LogP contribution in [-0.2, 0) is 5.88 Å². The highest BCUT2D eigenvalue weighted by Gasteiger charge is 2.10. The summed E-state index contributed by atoms with van der Waals surface area (Å²) in [6, 6.07) is 6.59. The number of nitrogens with zero attached hydrogens (tertiary/aromatic N) is 2. The first kappa shape index (κ1) is 11.0. The molecule has 0 aliphatic heterocycles. The van der Waals surface area contributed by atoms with Crippen molar-refractivity contribution in [2.24, 2.45) is 0 Å². The lowest BCUT2D eigenvalue weighted by Gasteiger charge is -2.14. The molecule has 3 nitrogen and oxygen atoms in total. The normalized spacial score (nSPS) is 10.4. The first-order chi connectivity index (χ1) is 7.70. The smallest absolute Gasteiger partial charge is 0.301 e. The predicted molar refractivity (Wildman–Crippen MR) is 60.5 cm³/mol. The maximum Gasteiger partial charge on any atom is 0.301 e. The fourth-order valence-electron chi connectivity index (χ4n) is 1.31. The van der Waals surface area contributed by atoms with Crippen molar-refractivity contribution < 1.29 is 8.81 Å². The summed E-state index contributed by atoms with van der Waals surface area (Å²) in [7, 11) is 1.75. The minimum atomic E-state index is -0.298. The van der Waals surface area contributed by atoms with Crippen molar-refractivity contribution >= 4 is 23.3 Å². The molecule has 2 rings (SSSR count). The van der Waals surface area contributed by atoms with Crippen LogP contribution in [-0.4, -0.2) is 12.0 Å². The van der Waals surface area contributed by atoms with Gasteiger partial charge in [0, 0.05) is 12.7 Å². The number of rotatable bonds is 3. The predicted octanol–water partition coefficient (Wildman–Crippen LogP) is 3.32. The molecule has 0 radical (unpaired) electrons. The molecule has 84 valence electrons. The van der Waals surface area contributed by atoms with Gasteiger partial charge in [0.05, 0.1) is 11.6 Å². The van der Waals surface area contributed by atoms with Crippen molar-refractivity contribution in [2.45, 2.75) is 5.88 Å². The van der Waals surface area contributed by atoms with Crippen LogP contribution in [0.25, 0.3) is 0 Å². The number of halogens is 2. The molecule has 1 heterocycles. The van der Waals surface area contributed by atoms with E-state index in [9.17, 15) is 4.39 Å². The molecule has 5 heteroatoms. The Bertz CT molecular complexity index is 486. The average molecular weight is 241 g/mol. The van der Waals surface area contributed by atoms with Gasteiger partial charge in [-0.1, -0.05) is 6.07 Å². The highest BCUT2D eigenvalue weighted by molar-refractivity contribution is 6.16. The van der Waals surface area contributed by atoms with Gasteiger partial charge in [0.2, 0.25) is 0 Å². The van der Waals surface area contributed by atoms with E-state index >= 15 is 0 Å². The number of hydrogen-bond acceptors (Lipinski definition) is 3. The van der Waals surface area contributed by atoms with Crippen LogP contribution in [0.15, 0.2) is 34.9 Å². The molecule has 0 N–H and O–H groups in total. The molecule has 0 amide bonds. The van der Waals surface area contributed by atoms with Crippen LogP contribution in [0.5, 0.6) is 0 Å². The largest absolute Gasteiger partial charge is 0.431 e. The average Bonchev–Trinajstić information content (AvgIpc) is 2.76. The van der Waals surface area contributed by atoms with Gasteiger partial charge in [0.15, 0.2) is 0 Å². The van der Waals surface area contributed by atoms with Gasteiger partial charge in [0.25, 0.3) is 0 Å². The number of anilines is 2. The van der Waals surface area contributed by atoms with Crippen LogP contribution in [0, 0.1) is 5.82 Å². The van der Waals surface area contributed by atoms with Gasteiger partial charge < -0.3 is 4.42 Å². The summed E-state index contributed by atoms with van der Waals surface area (Å²) >= 11 is 5.62. The minimum absolute atomic E-state index is 0.292. The van der Waals surface area contributed by atoms with E-state index < -0.39 is 0 Å². The molecular weight excluding hydrogens is 231 g/mol. The molecule has 0 spiro atoms. The summed E-state index contributed by atoms with van der Waals surface area (Å²) in [6.07, 6.45) is 1.48. The lowest BCUT2D eigenvalue weighted by Crippen LogP contribution is -2.09. The van der Waals surface area contributed by atoms with Crippen LogP contribution in [0.3, 0.4) is 0 Å². The quantitative estimate of drug-likeness (QED) is 0.771. The Kier molecular flexibility index (Phi) is 3.10. The lowest BCUT2D eigenvalue weighted by atomic mass is 10.3. The fourth-order valence-corrected chi connectivity index (χ4v) is 1.43. The number of alkyl halides is 1. The molecule has 1 aromatic heterocycles. The zero-order chi connectivity index (χ0) is 11.5. The standard InChI is InChI=1S/C11H10ClFN2O/c1-15(10-4-2-3-8(13)5-10)11-14-9(6-12)7-16-11/h2-5,7H,6H2,1H3. The van der Waals surface area contributed by atoms with E-state index in [1.807, 2.05) is 0 Å². The highest BCUT2D eigenvalue weighted by atomic mass is 35.5. The van der Waals surface area contributed by atoms with Crippen LogP contribution in [0.4, 0.5) is 16.1 Å².